The summed E-state index contributed by atoms with van der Waals surface area (Å²) in [5, 5.41) is 1.40. The summed E-state index contributed by atoms with van der Waals surface area (Å²) in [5.74, 6) is 0.519. The van der Waals surface area contributed by atoms with Gasteiger partial charge in [0.1, 0.15) is 0 Å². The number of benzene rings is 1. The van der Waals surface area contributed by atoms with Crippen LogP contribution in [0.2, 0.25) is 0 Å². The Labute approximate surface area is 127 Å². The number of nitrogens with two attached hydrogens (primary N) is 1. The number of nitrogens with zero attached hydrogens (tertiary/aromatic N) is 2. The van der Waals surface area contributed by atoms with E-state index in [4.69, 9.17) is 5.73 Å². The normalized spacial score (nSPS) is 16.9. The molecular weight excluding hydrogens is 258 g/mol. The van der Waals surface area contributed by atoms with E-state index in [1.807, 2.05) is 0 Å². The van der Waals surface area contributed by atoms with Crippen molar-refractivity contribution in [2.24, 2.45) is 11.7 Å². The van der Waals surface area contributed by atoms with Crippen molar-refractivity contribution in [3.8, 4) is 0 Å². The van der Waals surface area contributed by atoms with Crippen LogP contribution in [0.25, 0.3) is 10.9 Å². The maximum Gasteiger partial charge on any atom is 0.0486 e. The number of aryl methyl sites for hydroxylation is 1. The number of hydrogen-bond acceptors (Lipinski definition) is 2. The average molecular weight is 285 g/mol. The summed E-state index contributed by atoms with van der Waals surface area (Å²) >= 11 is 0. The van der Waals surface area contributed by atoms with Crippen molar-refractivity contribution in [1.82, 2.24) is 9.47 Å². The first-order chi connectivity index (χ1) is 9.99. The zero-order valence-electron chi connectivity index (χ0n) is 13.7. The molecular formula is C18H27N3. The smallest absolute Gasteiger partial charge is 0.0486 e. The Morgan fingerprint density at radius 1 is 1.19 bits per heavy atom. The molecule has 1 aromatic carbocycles. The van der Waals surface area contributed by atoms with E-state index in [0.29, 0.717) is 5.92 Å². The molecule has 2 N–H and O–H groups in total. The lowest BCUT2D eigenvalue weighted by atomic mass is 9.96. The van der Waals surface area contributed by atoms with Gasteiger partial charge in [-0.1, -0.05) is 13.8 Å². The van der Waals surface area contributed by atoms with Gasteiger partial charge in [0, 0.05) is 42.8 Å². The molecule has 3 heteroatoms. The maximum absolute atomic E-state index is 6.31. The number of rotatable bonds is 4. The summed E-state index contributed by atoms with van der Waals surface area (Å²) in [5.41, 5.74) is 12.1. The predicted octanol–water partition coefficient (Wildman–Crippen LogP) is 3.13. The van der Waals surface area contributed by atoms with Crippen LogP contribution in [0.3, 0.4) is 0 Å². The lowest BCUT2D eigenvalue weighted by Gasteiger charge is -2.14. The number of hydrogen-bond donors (Lipinski definition) is 1. The summed E-state index contributed by atoms with van der Waals surface area (Å²) in [6.07, 6.45) is 3.28. The first kappa shape index (κ1) is 14.6. The minimum absolute atomic E-state index is 0.233. The van der Waals surface area contributed by atoms with Gasteiger partial charge >= 0.3 is 0 Å². The van der Waals surface area contributed by atoms with Gasteiger partial charge in [-0.15, -0.1) is 0 Å². The fourth-order valence-electron chi connectivity index (χ4n) is 3.34. The van der Waals surface area contributed by atoms with Gasteiger partial charge in [-0.3, -0.25) is 4.90 Å². The topological polar surface area (TPSA) is 34.2 Å². The Morgan fingerprint density at radius 2 is 1.86 bits per heavy atom. The van der Waals surface area contributed by atoms with Crippen LogP contribution in [0.5, 0.6) is 0 Å². The Kier molecular flexibility index (Phi) is 3.80. The fraction of sp³-hybridized carbons (Fsp3) is 0.556. The Bertz CT molecular complexity index is 654. The van der Waals surface area contributed by atoms with E-state index in [1.54, 1.807) is 0 Å². The molecule has 0 amide bonds. The SMILES string of the molecule is CCn1cc(CC(N)C(C)C)c2cc3c(cc21)CN(C)C3. The minimum Gasteiger partial charge on any atom is -0.347 e. The van der Waals surface area contributed by atoms with E-state index in [2.05, 4.69) is 55.6 Å². The third-order valence-corrected chi connectivity index (χ3v) is 4.82. The molecule has 0 radical (unpaired) electrons. The molecule has 1 aliphatic rings. The van der Waals surface area contributed by atoms with Crippen molar-refractivity contribution in [1.29, 1.82) is 0 Å². The van der Waals surface area contributed by atoms with Crippen LogP contribution < -0.4 is 5.73 Å². The van der Waals surface area contributed by atoms with Crippen LogP contribution in [0, 0.1) is 5.92 Å². The zero-order valence-corrected chi connectivity index (χ0v) is 13.7. The molecule has 114 valence electrons. The number of fused-ring (bicyclic) bond motifs is 2. The van der Waals surface area contributed by atoms with E-state index in [0.717, 1.165) is 26.1 Å². The Morgan fingerprint density at radius 3 is 2.48 bits per heavy atom. The van der Waals surface area contributed by atoms with Crippen LogP contribution in [-0.2, 0) is 26.1 Å². The molecule has 3 rings (SSSR count). The van der Waals surface area contributed by atoms with Crippen LogP contribution in [0.1, 0.15) is 37.5 Å². The highest BCUT2D eigenvalue weighted by atomic mass is 15.1. The quantitative estimate of drug-likeness (QED) is 0.936. The third kappa shape index (κ3) is 2.60. The monoisotopic (exact) mass is 285 g/mol. The lowest BCUT2D eigenvalue weighted by Crippen LogP contribution is -2.28. The molecule has 21 heavy (non-hydrogen) atoms. The van der Waals surface area contributed by atoms with Gasteiger partial charge in [0.15, 0.2) is 0 Å². The molecule has 0 saturated carbocycles. The minimum atomic E-state index is 0.233. The lowest BCUT2D eigenvalue weighted by molar-refractivity contribution is 0.353. The second-order valence-corrected chi connectivity index (χ2v) is 6.86. The van der Waals surface area contributed by atoms with Crippen molar-refractivity contribution in [3.05, 3.63) is 35.0 Å². The summed E-state index contributed by atoms with van der Waals surface area (Å²) in [6.45, 7) is 9.78. The van der Waals surface area contributed by atoms with Crippen molar-refractivity contribution in [3.63, 3.8) is 0 Å². The molecule has 3 nitrogen and oxygen atoms in total. The van der Waals surface area contributed by atoms with E-state index in [1.165, 1.54) is 27.6 Å². The molecule has 1 unspecified atom stereocenters. The Balaban J connectivity index is 2.07. The first-order valence-electron chi connectivity index (χ1n) is 8.07. The van der Waals surface area contributed by atoms with Gasteiger partial charge in [0.25, 0.3) is 0 Å². The van der Waals surface area contributed by atoms with Crippen LogP contribution >= 0.6 is 0 Å². The van der Waals surface area contributed by atoms with Gasteiger partial charge in [0.05, 0.1) is 0 Å². The molecule has 1 atom stereocenters. The second kappa shape index (κ2) is 5.47. The zero-order chi connectivity index (χ0) is 15.1. The average Bonchev–Trinajstić information content (AvgIpc) is 2.95. The summed E-state index contributed by atoms with van der Waals surface area (Å²) in [4.78, 5) is 2.37. The molecule has 2 heterocycles. The van der Waals surface area contributed by atoms with E-state index in [9.17, 15) is 0 Å². The Hall–Kier alpha value is -1.32. The number of aromatic nitrogens is 1. The highest BCUT2D eigenvalue weighted by Gasteiger charge is 2.20. The van der Waals surface area contributed by atoms with Crippen LogP contribution in [-0.4, -0.2) is 22.6 Å². The summed E-state index contributed by atoms with van der Waals surface area (Å²) in [7, 11) is 2.19. The predicted molar refractivity (Wildman–Crippen MR) is 89.3 cm³/mol. The molecule has 0 saturated heterocycles. The van der Waals surface area contributed by atoms with Gasteiger partial charge in [-0.05, 0) is 55.1 Å². The second-order valence-electron chi connectivity index (χ2n) is 6.86. The van der Waals surface area contributed by atoms with Gasteiger partial charge in [0.2, 0.25) is 0 Å². The molecule has 0 fully saturated rings. The van der Waals surface area contributed by atoms with Crippen molar-refractivity contribution in [2.45, 2.75) is 52.9 Å². The van der Waals surface area contributed by atoms with E-state index in [-0.39, 0.29) is 6.04 Å². The van der Waals surface area contributed by atoms with Crippen LogP contribution in [0.4, 0.5) is 0 Å². The largest absolute Gasteiger partial charge is 0.347 e. The van der Waals surface area contributed by atoms with E-state index < -0.39 is 0 Å². The standard InChI is InChI=1S/C18H27N3/c1-5-21-11-15(7-17(19)12(2)3)16-6-13-9-20(4)10-14(13)8-18(16)21/h6,8,11-12,17H,5,7,9-10,19H2,1-4H3. The van der Waals surface area contributed by atoms with Crippen LogP contribution in [0.15, 0.2) is 18.3 Å². The van der Waals surface area contributed by atoms with Crippen molar-refractivity contribution >= 4 is 10.9 Å². The molecule has 2 aromatic rings. The van der Waals surface area contributed by atoms with Gasteiger partial charge in [-0.25, -0.2) is 0 Å². The first-order valence-corrected chi connectivity index (χ1v) is 8.07. The molecule has 0 bridgehead atoms. The molecule has 0 spiro atoms. The molecule has 1 aliphatic heterocycles. The van der Waals surface area contributed by atoms with E-state index >= 15 is 0 Å². The highest BCUT2D eigenvalue weighted by molar-refractivity contribution is 5.86. The summed E-state index contributed by atoms with van der Waals surface area (Å²) in [6, 6.07) is 5.03. The van der Waals surface area contributed by atoms with Crippen molar-refractivity contribution in [2.75, 3.05) is 7.05 Å². The van der Waals surface area contributed by atoms with Gasteiger partial charge in [-0.2, -0.15) is 0 Å². The highest BCUT2D eigenvalue weighted by Crippen LogP contribution is 2.31. The fourth-order valence-corrected chi connectivity index (χ4v) is 3.34. The molecule has 1 aromatic heterocycles. The van der Waals surface area contributed by atoms with Gasteiger partial charge < -0.3 is 10.3 Å². The van der Waals surface area contributed by atoms with Crippen molar-refractivity contribution < 1.29 is 0 Å². The maximum atomic E-state index is 6.31. The third-order valence-electron chi connectivity index (χ3n) is 4.82. The summed E-state index contributed by atoms with van der Waals surface area (Å²) < 4.78 is 2.37. The molecule has 0 aliphatic carbocycles.